The first kappa shape index (κ1) is 9.61. The van der Waals surface area contributed by atoms with Gasteiger partial charge in [0.05, 0.1) is 12.8 Å². The Morgan fingerprint density at radius 2 is 2.50 bits per heavy atom. The Hall–Kier alpha value is -0.480. The molecule has 0 aromatic carbocycles. The fraction of sp³-hybridized carbons (Fsp3) is 0.625. The Kier molecular flexibility index (Phi) is 4.18. The van der Waals surface area contributed by atoms with Crippen molar-refractivity contribution >= 4 is 11.8 Å². The van der Waals surface area contributed by atoms with Gasteiger partial charge in [-0.2, -0.15) is 16.9 Å². The van der Waals surface area contributed by atoms with Crippen molar-refractivity contribution in [2.24, 2.45) is 0 Å². The van der Waals surface area contributed by atoms with E-state index >= 15 is 0 Å². The molecule has 4 heteroatoms. The van der Waals surface area contributed by atoms with Crippen LogP contribution in [0.1, 0.15) is 12.5 Å². The van der Waals surface area contributed by atoms with Crippen molar-refractivity contribution in [1.82, 2.24) is 9.78 Å². The molecule has 0 saturated heterocycles. The lowest BCUT2D eigenvalue weighted by Gasteiger charge is -1.94. The SMILES string of the molecule is CCn1cc(CSCCO)cn1. The second kappa shape index (κ2) is 5.22. The molecule has 1 heterocycles. The lowest BCUT2D eigenvalue weighted by molar-refractivity contribution is 0.322. The topological polar surface area (TPSA) is 38.0 Å². The molecule has 3 nitrogen and oxygen atoms in total. The molecule has 0 atom stereocenters. The summed E-state index contributed by atoms with van der Waals surface area (Å²) in [5.74, 6) is 1.75. The average molecular weight is 186 g/mol. The zero-order valence-corrected chi connectivity index (χ0v) is 8.05. The minimum Gasteiger partial charge on any atom is -0.396 e. The Balaban J connectivity index is 2.31. The van der Waals surface area contributed by atoms with Gasteiger partial charge in [-0.05, 0) is 12.5 Å². The van der Waals surface area contributed by atoms with Gasteiger partial charge < -0.3 is 5.11 Å². The van der Waals surface area contributed by atoms with Crippen LogP contribution in [-0.4, -0.2) is 27.2 Å². The van der Waals surface area contributed by atoms with Gasteiger partial charge in [-0.25, -0.2) is 0 Å². The van der Waals surface area contributed by atoms with Crippen molar-refractivity contribution in [1.29, 1.82) is 0 Å². The van der Waals surface area contributed by atoms with E-state index in [1.54, 1.807) is 11.8 Å². The highest BCUT2D eigenvalue weighted by Gasteiger charge is 1.96. The number of aromatic nitrogens is 2. The van der Waals surface area contributed by atoms with Crippen LogP contribution in [0, 0.1) is 0 Å². The average Bonchev–Trinajstić information content (AvgIpc) is 2.53. The van der Waals surface area contributed by atoms with Crippen molar-refractivity contribution in [3.63, 3.8) is 0 Å². The number of aliphatic hydroxyl groups is 1. The zero-order chi connectivity index (χ0) is 8.81. The molecule has 1 N–H and O–H groups in total. The number of hydrogen-bond acceptors (Lipinski definition) is 3. The van der Waals surface area contributed by atoms with Gasteiger partial charge in [0.1, 0.15) is 0 Å². The molecular formula is C8H14N2OS. The first-order chi connectivity index (χ1) is 5.86. The van der Waals surface area contributed by atoms with E-state index in [1.807, 2.05) is 17.1 Å². The van der Waals surface area contributed by atoms with Gasteiger partial charge >= 0.3 is 0 Å². The number of hydrogen-bond donors (Lipinski definition) is 1. The third-order valence-corrected chi connectivity index (χ3v) is 2.52. The van der Waals surface area contributed by atoms with Gasteiger partial charge in [0, 0.05) is 24.2 Å². The van der Waals surface area contributed by atoms with Crippen molar-refractivity contribution in [3.8, 4) is 0 Å². The fourth-order valence-corrected chi connectivity index (χ4v) is 1.57. The minimum absolute atomic E-state index is 0.257. The van der Waals surface area contributed by atoms with E-state index in [4.69, 9.17) is 5.11 Å². The van der Waals surface area contributed by atoms with E-state index in [0.29, 0.717) is 0 Å². The van der Waals surface area contributed by atoms with Gasteiger partial charge in [-0.1, -0.05) is 0 Å². The van der Waals surface area contributed by atoms with Crippen LogP contribution in [0.4, 0.5) is 0 Å². The highest BCUT2D eigenvalue weighted by Crippen LogP contribution is 2.10. The van der Waals surface area contributed by atoms with Crippen molar-refractivity contribution in [2.75, 3.05) is 12.4 Å². The molecule has 0 bridgehead atoms. The maximum Gasteiger partial charge on any atom is 0.0530 e. The minimum atomic E-state index is 0.257. The van der Waals surface area contributed by atoms with Gasteiger partial charge in [0.2, 0.25) is 0 Å². The van der Waals surface area contributed by atoms with Gasteiger partial charge in [0.15, 0.2) is 0 Å². The van der Waals surface area contributed by atoms with Crippen LogP contribution >= 0.6 is 11.8 Å². The molecule has 1 aromatic rings. The molecule has 12 heavy (non-hydrogen) atoms. The molecule has 0 radical (unpaired) electrons. The molecular weight excluding hydrogens is 172 g/mol. The third kappa shape index (κ3) is 2.87. The highest BCUT2D eigenvalue weighted by atomic mass is 32.2. The van der Waals surface area contributed by atoms with Crippen LogP contribution in [0.3, 0.4) is 0 Å². The summed E-state index contributed by atoms with van der Waals surface area (Å²) in [4.78, 5) is 0. The maximum atomic E-state index is 8.55. The van der Waals surface area contributed by atoms with Crippen LogP contribution in [0.5, 0.6) is 0 Å². The molecule has 0 aliphatic rings. The molecule has 68 valence electrons. The predicted octanol–water partition coefficient (Wildman–Crippen LogP) is 1.13. The molecule has 0 spiro atoms. The number of aryl methyl sites for hydroxylation is 1. The summed E-state index contributed by atoms with van der Waals surface area (Å²) >= 11 is 1.73. The fourth-order valence-electron chi connectivity index (χ4n) is 0.908. The summed E-state index contributed by atoms with van der Waals surface area (Å²) in [7, 11) is 0. The smallest absolute Gasteiger partial charge is 0.0530 e. The van der Waals surface area contributed by atoms with Crippen molar-refractivity contribution in [2.45, 2.75) is 19.2 Å². The van der Waals surface area contributed by atoms with Gasteiger partial charge in [-0.15, -0.1) is 0 Å². The largest absolute Gasteiger partial charge is 0.396 e. The lowest BCUT2D eigenvalue weighted by atomic mass is 10.4. The predicted molar refractivity (Wildman–Crippen MR) is 51.1 cm³/mol. The van der Waals surface area contributed by atoms with E-state index < -0.39 is 0 Å². The molecule has 0 amide bonds. The zero-order valence-electron chi connectivity index (χ0n) is 7.23. The Bertz CT molecular complexity index is 225. The lowest BCUT2D eigenvalue weighted by Crippen LogP contribution is -1.92. The first-order valence-electron chi connectivity index (χ1n) is 4.06. The van der Waals surface area contributed by atoms with Crippen LogP contribution in [0.25, 0.3) is 0 Å². The van der Waals surface area contributed by atoms with Crippen LogP contribution in [0.15, 0.2) is 12.4 Å². The Labute approximate surface area is 76.8 Å². The molecule has 0 aliphatic heterocycles. The maximum absolute atomic E-state index is 8.55. The molecule has 0 saturated carbocycles. The second-order valence-corrected chi connectivity index (χ2v) is 3.59. The number of aliphatic hydroxyl groups excluding tert-OH is 1. The molecule has 0 unspecified atom stereocenters. The highest BCUT2D eigenvalue weighted by molar-refractivity contribution is 7.98. The first-order valence-corrected chi connectivity index (χ1v) is 5.22. The van der Waals surface area contributed by atoms with Crippen LogP contribution < -0.4 is 0 Å². The van der Waals surface area contributed by atoms with E-state index in [-0.39, 0.29) is 6.61 Å². The molecule has 1 aromatic heterocycles. The van der Waals surface area contributed by atoms with Crippen LogP contribution in [-0.2, 0) is 12.3 Å². The van der Waals surface area contributed by atoms with Gasteiger partial charge in [-0.3, -0.25) is 4.68 Å². The van der Waals surface area contributed by atoms with E-state index in [9.17, 15) is 0 Å². The van der Waals surface area contributed by atoms with Crippen molar-refractivity contribution in [3.05, 3.63) is 18.0 Å². The van der Waals surface area contributed by atoms with Crippen molar-refractivity contribution < 1.29 is 5.11 Å². The summed E-state index contributed by atoms with van der Waals surface area (Å²) < 4.78 is 1.91. The quantitative estimate of drug-likeness (QED) is 0.700. The summed E-state index contributed by atoms with van der Waals surface area (Å²) in [6, 6.07) is 0. The number of thioether (sulfide) groups is 1. The van der Waals surface area contributed by atoms with E-state index in [1.165, 1.54) is 5.56 Å². The summed E-state index contributed by atoms with van der Waals surface area (Å²) in [5.41, 5.74) is 1.23. The van der Waals surface area contributed by atoms with E-state index in [2.05, 4.69) is 12.0 Å². The monoisotopic (exact) mass is 186 g/mol. The van der Waals surface area contributed by atoms with E-state index in [0.717, 1.165) is 18.1 Å². The standard InChI is InChI=1S/C8H14N2OS/c1-2-10-6-8(5-9-10)7-12-4-3-11/h5-6,11H,2-4,7H2,1H3. The summed E-state index contributed by atoms with van der Waals surface area (Å²) in [5, 5.41) is 12.7. The second-order valence-electron chi connectivity index (χ2n) is 2.48. The summed E-state index contributed by atoms with van der Waals surface area (Å²) in [6.07, 6.45) is 3.93. The number of nitrogens with zero attached hydrogens (tertiary/aromatic N) is 2. The Morgan fingerprint density at radius 1 is 1.67 bits per heavy atom. The van der Waals surface area contributed by atoms with Gasteiger partial charge in [0.25, 0.3) is 0 Å². The normalized spacial score (nSPS) is 10.5. The third-order valence-electron chi connectivity index (χ3n) is 1.52. The molecule has 0 aliphatic carbocycles. The van der Waals surface area contributed by atoms with Crippen LogP contribution in [0.2, 0.25) is 0 Å². The number of rotatable bonds is 5. The Morgan fingerprint density at radius 3 is 3.08 bits per heavy atom. The molecule has 1 rings (SSSR count). The molecule has 0 fully saturated rings. The summed E-state index contributed by atoms with van der Waals surface area (Å²) in [6.45, 7) is 3.24.